The molecule has 0 radical (unpaired) electrons. The van der Waals surface area contributed by atoms with Crippen molar-refractivity contribution in [3.05, 3.63) is 29.8 Å². The predicted molar refractivity (Wildman–Crippen MR) is 79.5 cm³/mol. The summed E-state index contributed by atoms with van der Waals surface area (Å²) in [5, 5.41) is 0. The second-order valence-corrected chi connectivity index (χ2v) is 4.80. The van der Waals surface area contributed by atoms with Gasteiger partial charge in [0.05, 0.1) is 25.7 Å². The van der Waals surface area contributed by atoms with E-state index in [9.17, 15) is 4.79 Å². The minimum atomic E-state index is 0.0245. The fraction of sp³-hybridized carbons (Fsp3) is 0.533. The van der Waals surface area contributed by atoms with Crippen LogP contribution in [0.4, 0.5) is 5.69 Å². The number of amides is 1. The minimum absolute atomic E-state index is 0.0245. The van der Waals surface area contributed by atoms with Crippen LogP contribution in [0.2, 0.25) is 0 Å². The average Bonchev–Trinajstić information content (AvgIpc) is 2.42. The lowest BCUT2D eigenvalue weighted by Crippen LogP contribution is -2.43. The van der Waals surface area contributed by atoms with E-state index in [-0.39, 0.29) is 11.9 Å². The molecule has 0 heterocycles. The van der Waals surface area contributed by atoms with Gasteiger partial charge < -0.3 is 20.1 Å². The smallest absolute Gasteiger partial charge is 0.227 e. The number of nitrogens with zero attached hydrogens (tertiary/aromatic N) is 1. The second kappa shape index (κ2) is 8.55. The molecule has 1 unspecified atom stereocenters. The van der Waals surface area contributed by atoms with Crippen LogP contribution in [0.3, 0.4) is 0 Å². The Balaban J connectivity index is 2.68. The van der Waals surface area contributed by atoms with Crippen molar-refractivity contribution < 1.29 is 14.3 Å². The molecule has 0 fully saturated rings. The Kier molecular flexibility index (Phi) is 7.04. The number of carbonyl (C=O) groups excluding carboxylic acids is 1. The van der Waals surface area contributed by atoms with E-state index in [4.69, 9.17) is 15.2 Å². The largest absolute Gasteiger partial charge is 0.399 e. The monoisotopic (exact) mass is 280 g/mol. The van der Waals surface area contributed by atoms with Crippen LogP contribution in [0.1, 0.15) is 12.5 Å². The summed E-state index contributed by atoms with van der Waals surface area (Å²) in [6, 6.07) is 7.39. The summed E-state index contributed by atoms with van der Waals surface area (Å²) in [5.74, 6) is 0.0661. The molecule has 2 N–H and O–H groups in total. The summed E-state index contributed by atoms with van der Waals surface area (Å²) in [4.78, 5) is 14.2. The van der Waals surface area contributed by atoms with Crippen LogP contribution < -0.4 is 5.73 Å². The number of nitrogen functional groups attached to an aromatic ring is 1. The molecule has 5 heteroatoms. The fourth-order valence-corrected chi connectivity index (χ4v) is 2.02. The van der Waals surface area contributed by atoms with Crippen molar-refractivity contribution in [3.63, 3.8) is 0 Å². The van der Waals surface area contributed by atoms with E-state index in [1.54, 1.807) is 31.3 Å². The molecule has 0 aromatic heterocycles. The summed E-state index contributed by atoms with van der Waals surface area (Å²) in [5.41, 5.74) is 7.30. The van der Waals surface area contributed by atoms with Crippen molar-refractivity contribution in [2.75, 3.05) is 39.7 Å². The van der Waals surface area contributed by atoms with Gasteiger partial charge in [-0.05, 0) is 24.6 Å². The highest BCUT2D eigenvalue weighted by molar-refractivity contribution is 5.79. The third-order valence-corrected chi connectivity index (χ3v) is 3.13. The number of benzene rings is 1. The SMILES string of the molecule is COCCN(C(=O)Cc1ccc(N)cc1)C(C)COC. The van der Waals surface area contributed by atoms with Gasteiger partial charge in [-0.15, -0.1) is 0 Å². The number of rotatable bonds is 8. The summed E-state index contributed by atoms with van der Waals surface area (Å²) < 4.78 is 10.2. The molecule has 0 spiro atoms. The predicted octanol–water partition coefficient (Wildman–Crippen LogP) is 1.32. The number of nitrogens with two attached hydrogens (primary N) is 1. The highest BCUT2D eigenvalue weighted by Crippen LogP contribution is 2.09. The molecule has 1 rings (SSSR count). The van der Waals surface area contributed by atoms with Gasteiger partial charge in [-0.2, -0.15) is 0 Å². The molecule has 0 saturated carbocycles. The molecule has 0 aliphatic rings. The standard InChI is InChI=1S/C15H24N2O3/c1-12(11-20-3)17(8-9-19-2)15(18)10-13-4-6-14(16)7-5-13/h4-7,12H,8-11,16H2,1-3H3. The third kappa shape index (κ3) is 5.19. The highest BCUT2D eigenvalue weighted by Gasteiger charge is 2.19. The first-order chi connectivity index (χ1) is 9.58. The number of carbonyl (C=O) groups is 1. The molecular weight excluding hydrogens is 256 g/mol. The minimum Gasteiger partial charge on any atom is -0.399 e. The lowest BCUT2D eigenvalue weighted by atomic mass is 10.1. The maximum absolute atomic E-state index is 12.4. The van der Waals surface area contributed by atoms with Crippen LogP contribution in [0.5, 0.6) is 0 Å². The van der Waals surface area contributed by atoms with Gasteiger partial charge in [-0.1, -0.05) is 12.1 Å². The van der Waals surface area contributed by atoms with Crippen molar-refractivity contribution in [2.24, 2.45) is 0 Å². The molecule has 1 aromatic carbocycles. The summed E-state index contributed by atoms with van der Waals surface area (Å²) in [7, 11) is 3.26. The number of ether oxygens (including phenoxy) is 2. The zero-order chi connectivity index (χ0) is 15.0. The maximum Gasteiger partial charge on any atom is 0.227 e. The van der Waals surface area contributed by atoms with E-state index in [1.165, 1.54) is 0 Å². The van der Waals surface area contributed by atoms with Gasteiger partial charge in [0.1, 0.15) is 0 Å². The van der Waals surface area contributed by atoms with Crippen LogP contribution in [-0.2, 0) is 20.7 Å². The van der Waals surface area contributed by atoms with Gasteiger partial charge in [0.2, 0.25) is 5.91 Å². The Morgan fingerprint density at radius 2 is 1.90 bits per heavy atom. The van der Waals surface area contributed by atoms with Crippen molar-refractivity contribution in [2.45, 2.75) is 19.4 Å². The van der Waals surface area contributed by atoms with Gasteiger partial charge in [-0.3, -0.25) is 4.79 Å². The number of anilines is 1. The molecule has 1 aromatic rings. The Morgan fingerprint density at radius 3 is 2.45 bits per heavy atom. The first-order valence-corrected chi connectivity index (χ1v) is 6.70. The Bertz CT molecular complexity index is 406. The Hall–Kier alpha value is -1.59. The molecule has 5 nitrogen and oxygen atoms in total. The molecule has 1 atom stereocenters. The van der Waals surface area contributed by atoms with Crippen LogP contribution in [-0.4, -0.2) is 50.8 Å². The topological polar surface area (TPSA) is 64.8 Å². The summed E-state index contributed by atoms with van der Waals surface area (Å²) in [6.45, 7) is 3.56. The van der Waals surface area contributed by atoms with Crippen molar-refractivity contribution >= 4 is 11.6 Å². The molecule has 0 bridgehead atoms. The molecule has 1 amide bonds. The van der Waals surface area contributed by atoms with E-state index in [1.807, 2.05) is 19.1 Å². The zero-order valence-corrected chi connectivity index (χ0v) is 12.5. The first-order valence-electron chi connectivity index (χ1n) is 6.70. The van der Waals surface area contributed by atoms with E-state index in [0.29, 0.717) is 31.9 Å². The van der Waals surface area contributed by atoms with E-state index >= 15 is 0 Å². The number of hydrogen-bond acceptors (Lipinski definition) is 4. The van der Waals surface area contributed by atoms with Gasteiger partial charge in [0.25, 0.3) is 0 Å². The van der Waals surface area contributed by atoms with Gasteiger partial charge in [-0.25, -0.2) is 0 Å². The van der Waals surface area contributed by atoms with Crippen LogP contribution in [0.15, 0.2) is 24.3 Å². The van der Waals surface area contributed by atoms with Gasteiger partial charge in [0, 0.05) is 26.5 Å². The van der Waals surface area contributed by atoms with Crippen molar-refractivity contribution in [1.29, 1.82) is 0 Å². The van der Waals surface area contributed by atoms with E-state index in [2.05, 4.69) is 0 Å². The molecule has 0 saturated heterocycles. The zero-order valence-electron chi connectivity index (χ0n) is 12.5. The maximum atomic E-state index is 12.4. The summed E-state index contributed by atoms with van der Waals surface area (Å²) in [6.07, 6.45) is 0.359. The summed E-state index contributed by atoms with van der Waals surface area (Å²) >= 11 is 0. The third-order valence-electron chi connectivity index (χ3n) is 3.13. The van der Waals surface area contributed by atoms with Crippen LogP contribution in [0, 0.1) is 0 Å². The normalized spacial score (nSPS) is 12.2. The fourth-order valence-electron chi connectivity index (χ4n) is 2.02. The quantitative estimate of drug-likeness (QED) is 0.729. The molecule has 112 valence electrons. The van der Waals surface area contributed by atoms with Crippen LogP contribution in [0.25, 0.3) is 0 Å². The average molecular weight is 280 g/mol. The Morgan fingerprint density at radius 1 is 1.25 bits per heavy atom. The molecular formula is C15H24N2O3. The Labute approximate surface area is 120 Å². The first kappa shape index (κ1) is 16.5. The number of methoxy groups -OCH3 is 2. The van der Waals surface area contributed by atoms with Crippen LogP contribution >= 0.6 is 0 Å². The van der Waals surface area contributed by atoms with Crippen molar-refractivity contribution in [1.82, 2.24) is 4.90 Å². The highest BCUT2D eigenvalue weighted by atomic mass is 16.5. The number of hydrogen-bond donors (Lipinski definition) is 1. The van der Waals surface area contributed by atoms with Gasteiger partial charge >= 0.3 is 0 Å². The molecule has 0 aliphatic heterocycles. The van der Waals surface area contributed by atoms with E-state index in [0.717, 1.165) is 5.56 Å². The lowest BCUT2D eigenvalue weighted by molar-refractivity contribution is -0.134. The van der Waals surface area contributed by atoms with Gasteiger partial charge in [0.15, 0.2) is 0 Å². The van der Waals surface area contributed by atoms with E-state index < -0.39 is 0 Å². The lowest BCUT2D eigenvalue weighted by Gasteiger charge is -2.28. The second-order valence-electron chi connectivity index (χ2n) is 4.80. The molecule has 0 aliphatic carbocycles. The van der Waals surface area contributed by atoms with Crippen molar-refractivity contribution in [3.8, 4) is 0 Å². The molecule has 20 heavy (non-hydrogen) atoms.